The molecule has 4 rings (SSSR count). The Labute approximate surface area is 185 Å². The van der Waals surface area contributed by atoms with Gasteiger partial charge in [-0.1, -0.05) is 42.5 Å². The molecule has 0 saturated carbocycles. The molecule has 2 heterocycles. The summed E-state index contributed by atoms with van der Waals surface area (Å²) in [5.74, 6) is 0. The number of carbonyl (C=O) groups is 1. The Hall–Kier alpha value is -2.99. The van der Waals surface area contributed by atoms with Gasteiger partial charge in [-0.15, -0.1) is 0 Å². The first-order valence-corrected chi connectivity index (χ1v) is 10.9. The van der Waals surface area contributed by atoms with Gasteiger partial charge in [0.1, 0.15) is 6.61 Å². The molecule has 0 aromatic heterocycles. The summed E-state index contributed by atoms with van der Waals surface area (Å²) in [4.78, 5) is 21.4. The number of rotatable bonds is 5. The summed E-state index contributed by atoms with van der Waals surface area (Å²) in [5.41, 5.74) is 6.15. The number of carbonyl (C=O) groups excluding carboxylic acids is 1. The molecule has 0 spiro atoms. The van der Waals surface area contributed by atoms with E-state index < -0.39 is 0 Å². The highest BCUT2D eigenvalue weighted by atomic mass is 16.6. The van der Waals surface area contributed by atoms with E-state index in [4.69, 9.17) is 4.74 Å². The van der Waals surface area contributed by atoms with E-state index in [2.05, 4.69) is 46.0 Å². The lowest BCUT2D eigenvalue weighted by Gasteiger charge is -2.42. The molecule has 2 aromatic carbocycles. The van der Waals surface area contributed by atoms with E-state index in [0.29, 0.717) is 19.7 Å². The van der Waals surface area contributed by atoms with Crippen LogP contribution in [0.2, 0.25) is 0 Å². The van der Waals surface area contributed by atoms with Crippen LogP contribution < -0.4 is 4.90 Å². The van der Waals surface area contributed by atoms with Crippen LogP contribution in [0.25, 0.3) is 0 Å². The average molecular weight is 421 g/mol. The Bertz CT molecular complexity index is 924. The molecule has 0 atom stereocenters. The monoisotopic (exact) mass is 420 g/mol. The van der Waals surface area contributed by atoms with Crippen molar-refractivity contribution in [3.8, 4) is 0 Å². The predicted octanol–water partition coefficient (Wildman–Crippen LogP) is 3.75. The van der Waals surface area contributed by atoms with Crippen molar-refractivity contribution < 1.29 is 9.53 Å². The normalized spacial score (nSPS) is 16.9. The van der Waals surface area contributed by atoms with Gasteiger partial charge in [-0.3, -0.25) is 4.90 Å². The molecular formula is C25H32N4O2. The van der Waals surface area contributed by atoms with Gasteiger partial charge in [-0.05, 0) is 28.8 Å². The molecule has 2 aliphatic rings. The second-order valence-electron chi connectivity index (χ2n) is 8.65. The molecule has 6 heteroatoms. The first-order valence-electron chi connectivity index (χ1n) is 10.9. The number of ether oxygens (including phenoxy) is 1. The highest BCUT2D eigenvalue weighted by Gasteiger charge is 2.30. The molecule has 1 amide bonds. The zero-order valence-corrected chi connectivity index (χ0v) is 18.8. The van der Waals surface area contributed by atoms with Crippen molar-refractivity contribution in [2.45, 2.75) is 19.6 Å². The Morgan fingerprint density at radius 3 is 2.45 bits per heavy atom. The summed E-state index contributed by atoms with van der Waals surface area (Å²) in [7, 11) is 6.17. The minimum atomic E-state index is -0.230. The maximum absolute atomic E-state index is 12.7. The Morgan fingerprint density at radius 2 is 1.74 bits per heavy atom. The van der Waals surface area contributed by atoms with E-state index in [9.17, 15) is 4.79 Å². The number of benzene rings is 2. The van der Waals surface area contributed by atoms with Crippen LogP contribution >= 0.6 is 0 Å². The summed E-state index contributed by atoms with van der Waals surface area (Å²) in [5, 5.41) is 0. The van der Waals surface area contributed by atoms with Gasteiger partial charge in [-0.2, -0.15) is 0 Å². The van der Waals surface area contributed by atoms with Gasteiger partial charge in [0.2, 0.25) is 0 Å². The fourth-order valence-corrected chi connectivity index (χ4v) is 4.36. The van der Waals surface area contributed by atoms with Crippen molar-refractivity contribution in [1.82, 2.24) is 14.7 Å². The number of hydrogen-bond acceptors (Lipinski definition) is 5. The first-order chi connectivity index (χ1) is 15.0. The van der Waals surface area contributed by atoms with Crippen molar-refractivity contribution in [3.63, 3.8) is 0 Å². The SMILES string of the molecule is CN1CN(Cc2ccccc2)CC2=C1CCN(C(=O)OCc1ccc(N(C)C)cc1)C2. The fourth-order valence-electron chi connectivity index (χ4n) is 4.36. The van der Waals surface area contributed by atoms with Crippen molar-refractivity contribution in [1.29, 1.82) is 0 Å². The number of hydrogen-bond donors (Lipinski definition) is 0. The minimum absolute atomic E-state index is 0.230. The lowest BCUT2D eigenvalue weighted by molar-refractivity contribution is 0.0872. The van der Waals surface area contributed by atoms with Gasteiger partial charge in [0.25, 0.3) is 0 Å². The molecular weight excluding hydrogens is 388 g/mol. The maximum atomic E-state index is 12.7. The molecule has 0 bridgehead atoms. The third kappa shape index (κ3) is 5.20. The third-order valence-corrected chi connectivity index (χ3v) is 6.02. The van der Waals surface area contributed by atoms with Crippen molar-refractivity contribution in [2.24, 2.45) is 0 Å². The molecule has 0 fully saturated rings. The van der Waals surface area contributed by atoms with E-state index in [0.717, 1.165) is 37.4 Å². The number of nitrogens with zero attached hydrogens (tertiary/aromatic N) is 4. The first kappa shape index (κ1) is 21.2. The largest absolute Gasteiger partial charge is 0.445 e. The van der Waals surface area contributed by atoms with Crippen LogP contribution in [0.1, 0.15) is 17.5 Å². The van der Waals surface area contributed by atoms with E-state index in [-0.39, 0.29) is 6.09 Å². The number of anilines is 1. The molecule has 0 unspecified atom stereocenters. The molecule has 2 aromatic rings. The van der Waals surface area contributed by atoms with E-state index in [1.165, 1.54) is 16.8 Å². The van der Waals surface area contributed by atoms with Crippen LogP contribution in [-0.4, -0.2) is 68.2 Å². The summed E-state index contributed by atoms with van der Waals surface area (Å²) in [6, 6.07) is 18.7. The quantitative estimate of drug-likeness (QED) is 0.737. The van der Waals surface area contributed by atoms with Crippen molar-refractivity contribution in [3.05, 3.63) is 77.0 Å². The Kier molecular flexibility index (Phi) is 6.47. The zero-order valence-electron chi connectivity index (χ0n) is 18.8. The lowest BCUT2D eigenvalue weighted by atomic mass is 10.0. The third-order valence-electron chi connectivity index (χ3n) is 6.02. The molecule has 2 aliphatic heterocycles. The summed E-state index contributed by atoms with van der Waals surface area (Å²) >= 11 is 0. The van der Waals surface area contributed by atoms with Crippen LogP contribution in [0.15, 0.2) is 65.9 Å². The Morgan fingerprint density at radius 1 is 1.00 bits per heavy atom. The van der Waals surface area contributed by atoms with Gasteiger partial charge in [0.15, 0.2) is 0 Å². The van der Waals surface area contributed by atoms with Crippen LogP contribution in [0.3, 0.4) is 0 Å². The summed E-state index contributed by atoms with van der Waals surface area (Å²) < 4.78 is 5.62. The van der Waals surface area contributed by atoms with Gasteiger partial charge in [-0.25, -0.2) is 4.79 Å². The van der Waals surface area contributed by atoms with Crippen LogP contribution in [0, 0.1) is 0 Å². The number of amides is 1. The minimum Gasteiger partial charge on any atom is -0.445 e. The highest BCUT2D eigenvalue weighted by molar-refractivity contribution is 5.68. The summed E-state index contributed by atoms with van der Waals surface area (Å²) in [6.45, 7) is 4.37. The zero-order chi connectivity index (χ0) is 21.8. The molecule has 0 N–H and O–H groups in total. The van der Waals surface area contributed by atoms with E-state index in [1.807, 2.05) is 49.3 Å². The van der Waals surface area contributed by atoms with Crippen molar-refractivity contribution >= 4 is 11.8 Å². The lowest BCUT2D eigenvalue weighted by Crippen LogP contribution is -2.48. The average Bonchev–Trinajstić information content (AvgIpc) is 2.78. The van der Waals surface area contributed by atoms with Crippen molar-refractivity contribution in [2.75, 3.05) is 52.3 Å². The highest BCUT2D eigenvalue weighted by Crippen LogP contribution is 2.27. The van der Waals surface area contributed by atoms with Gasteiger partial charge in [0, 0.05) is 65.1 Å². The topological polar surface area (TPSA) is 39.3 Å². The van der Waals surface area contributed by atoms with E-state index in [1.54, 1.807) is 0 Å². The van der Waals surface area contributed by atoms with Crippen LogP contribution in [-0.2, 0) is 17.9 Å². The van der Waals surface area contributed by atoms with Crippen LogP contribution in [0.4, 0.5) is 10.5 Å². The molecule has 31 heavy (non-hydrogen) atoms. The standard InChI is InChI=1S/C25H32N4O2/c1-26(2)23-11-9-21(10-12-23)18-31-25(30)29-14-13-24-22(17-29)16-28(19-27(24)3)15-20-7-5-4-6-8-20/h4-12H,13-19H2,1-3H3. The van der Waals surface area contributed by atoms with Gasteiger partial charge in [0.05, 0.1) is 6.67 Å². The van der Waals surface area contributed by atoms with Gasteiger partial charge < -0.3 is 19.4 Å². The molecule has 0 radical (unpaired) electrons. The molecule has 0 saturated heterocycles. The van der Waals surface area contributed by atoms with E-state index >= 15 is 0 Å². The summed E-state index contributed by atoms with van der Waals surface area (Å²) in [6.07, 6.45) is 0.656. The maximum Gasteiger partial charge on any atom is 0.410 e. The second-order valence-corrected chi connectivity index (χ2v) is 8.65. The predicted molar refractivity (Wildman–Crippen MR) is 124 cm³/mol. The molecule has 164 valence electrons. The van der Waals surface area contributed by atoms with Gasteiger partial charge >= 0.3 is 6.09 Å². The fraction of sp³-hybridized carbons (Fsp3) is 0.400. The second kappa shape index (κ2) is 9.43. The van der Waals surface area contributed by atoms with Crippen LogP contribution in [0.5, 0.6) is 0 Å². The smallest absolute Gasteiger partial charge is 0.410 e. The molecule has 6 nitrogen and oxygen atoms in total. The molecule has 0 aliphatic carbocycles. The Balaban J connectivity index is 1.33.